The molecule has 1 atom stereocenters. The fourth-order valence-corrected chi connectivity index (χ4v) is 1.08. The zero-order valence-electron chi connectivity index (χ0n) is 7.03. The fraction of sp³-hybridized carbons (Fsp3) is 0.200. The molecule has 12 heavy (non-hydrogen) atoms. The van der Waals surface area contributed by atoms with E-state index in [4.69, 9.17) is 5.73 Å². The van der Waals surface area contributed by atoms with Crippen molar-refractivity contribution in [3.63, 3.8) is 0 Å². The first kappa shape index (κ1) is 8.81. The minimum absolute atomic E-state index is 0.0371. The van der Waals surface area contributed by atoms with Crippen LogP contribution >= 0.6 is 0 Å². The highest BCUT2D eigenvalue weighted by molar-refractivity contribution is 5.15. The van der Waals surface area contributed by atoms with Crippen LogP contribution in [0.5, 0.6) is 0 Å². The van der Waals surface area contributed by atoms with Gasteiger partial charge in [0.05, 0.1) is 6.17 Å². The quantitative estimate of drug-likeness (QED) is 0.654. The Bertz CT molecular complexity index is 231. The maximum absolute atomic E-state index is 5.73. The predicted octanol–water partition coefficient (Wildman–Crippen LogP) is 1.25. The molecule has 0 aliphatic carbocycles. The zero-order valence-corrected chi connectivity index (χ0v) is 7.03. The highest BCUT2D eigenvalue weighted by Gasteiger charge is 1.98. The fourth-order valence-electron chi connectivity index (χ4n) is 1.08. The molecule has 0 spiro atoms. The summed E-state index contributed by atoms with van der Waals surface area (Å²) in [6, 6.07) is 10.1. The van der Waals surface area contributed by atoms with Gasteiger partial charge in [-0.3, -0.25) is 0 Å². The van der Waals surface area contributed by atoms with Gasteiger partial charge in [-0.2, -0.15) is 0 Å². The molecular weight excluding hydrogens is 148 g/mol. The molecule has 0 aliphatic heterocycles. The second-order valence-electron chi connectivity index (χ2n) is 2.67. The number of rotatable bonds is 4. The lowest BCUT2D eigenvalue weighted by Gasteiger charge is -2.10. The van der Waals surface area contributed by atoms with E-state index in [-0.39, 0.29) is 6.17 Å². The van der Waals surface area contributed by atoms with Gasteiger partial charge in [0.15, 0.2) is 0 Å². The van der Waals surface area contributed by atoms with Gasteiger partial charge >= 0.3 is 0 Å². The summed E-state index contributed by atoms with van der Waals surface area (Å²) in [4.78, 5) is 0. The molecule has 0 heterocycles. The van der Waals surface area contributed by atoms with Gasteiger partial charge in [0.25, 0.3) is 0 Å². The van der Waals surface area contributed by atoms with Gasteiger partial charge in [0.1, 0.15) is 0 Å². The third kappa shape index (κ3) is 2.76. The first-order chi connectivity index (χ1) is 5.83. The highest BCUT2D eigenvalue weighted by Crippen LogP contribution is 1.99. The van der Waals surface area contributed by atoms with Crippen LogP contribution in [0.15, 0.2) is 43.1 Å². The largest absolute Gasteiger partial charge is 0.376 e. The summed E-state index contributed by atoms with van der Waals surface area (Å²) >= 11 is 0. The van der Waals surface area contributed by atoms with Crippen LogP contribution in [0.2, 0.25) is 0 Å². The van der Waals surface area contributed by atoms with Crippen molar-refractivity contribution in [2.24, 2.45) is 5.73 Å². The zero-order chi connectivity index (χ0) is 8.81. The summed E-state index contributed by atoms with van der Waals surface area (Å²) < 4.78 is 0. The summed E-state index contributed by atoms with van der Waals surface area (Å²) in [6.07, 6.45) is 2.41. The molecule has 2 heteroatoms. The van der Waals surface area contributed by atoms with Crippen molar-refractivity contribution in [2.75, 3.05) is 0 Å². The summed E-state index contributed by atoms with van der Waals surface area (Å²) in [7, 11) is 0. The molecule has 3 N–H and O–H groups in total. The lowest BCUT2D eigenvalue weighted by molar-refractivity contribution is 0.608. The predicted molar refractivity (Wildman–Crippen MR) is 51.5 cm³/mol. The average Bonchev–Trinajstić information content (AvgIpc) is 2.06. The summed E-state index contributed by atoms with van der Waals surface area (Å²) in [6.45, 7) is 3.55. The molecule has 0 aliphatic rings. The van der Waals surface area contributed by atoms with E-state index < -0.39 is 0 Å². The summed E-state index contributed by atoms with van der Waals surface area (Å²) in [5.74, 6) is 0. The maximum atomic E-state index is 5.73. The molecule has 2 nitrogen and oxygen atoms in total. The van der Waals surface area contributed by atoms with Gasteiger partial charge in [-0.15, -0.1) is 0 Å². The molecule has 64 valence electrons. The van der Waals surface area contributed by atoms with Crippen molar-refractivity contribution in [3.8, 4) is 0 Å². The van der Waals surface area contributed by atoms with E-state index in [9.17, 15) is 0 Å². The normalized spacial score (nSPS) is 12.1. The molecule has 0 radical (unpaired) electrons. The third-order valence-electron chi connectivity index (χ3n) is 1.63. The molecule has 1 rings (SSSR count). The van der Waals surface area contributed by atoms with Crippen molar-refractivity contribution in [1.29, 1.82) is 0 Å². The van der Waals surface area contributed by atoms with E-state index in [1.807, 2.05) is 18.2 Å². The Balaban J connectivity index is 2.46. The van der Waals surface area contributed by atoms with Crippen LogP contribution in [-0.4, -0.2) is 6.17 Å². The SMILES string of the molecule is C=CN[C@@H](N)Cc1ccccc1. The Kier molecular flexibility index (Phi) is 3.35. The number of nitrogens with one attached hydrogen (secondary N) is 1. The lowest BCUT2D eigenvalue weighted by atomic mass is 10.1. The Labute approximate surface area is 73.1 Å². The van der Waals surface area contributed by atoms with E-state index in [0.29, 0.717) is 0 Å². The lowest BCUT2D eigenvalue weighted by Crippen LogP contribution is -2.35. The van der Waals surface area contributed by atoms with E-state index in [1.54, 1.807) is 6.20 Å². The van der Waals surface area contributed by atoms with Crippen molar-refractivity contribution in [1.82, 2.24) is 5.32 Å². The van der Waals surface area contributed by atoms with E-state index in [0.717, 1.165) is 6.42 Å². The van der Waals surface area contributed by atoms with Gasteiger partial charge in [0.2, 0.25) is 0 Å². The van der Waals surface area contributed by atoms with Crippen molar-refractivity contribution in [2.45, 2.75) is 12.6 Å². The Morgan fingerprint density at radius 2 is 2.08 bits per heavy atom. The molecule has 0 amide bonds. The molecule has 1 aromatic carbocycles. The third-order valence-corrected chi connectivity index (χ3v) is 1.63. The molecule has 0 unspecified atom stereocenters. The number of benzene rings is 1. The van der Waals surface area contributed by atoms with Crippen molar-refractivity contribution >= 4 is 0 Å². The van der Waals surface area contributed by atoms with Crippen LogP contribution in [0.3, 0.4) is 0 Å². The topological polar surface area (TPSA) is 38.0 Å². The van der Waals surface area contributed by atoms with Crippen LogP contribution in [-0.2, 0) is 6.42 Å². The minimum Gasteiger partial charge on any atom is -0.376 e. The van der Waals surface area contributed by atoms with Crippen molar-refractivity contribution < 1.29 is 0 Å². The van der Waals surface area contributed by atoms with Crippen molar-refractivity contribution in [3.05, 3.63) is 48.7 Å². The highest BCUT2D eigenvalue weighted by atomic mass is 15.0. The van der Waals surface area contributed by atoms with E-state index in [1.165, 1.54) is 5.56 Å². The average molecular weight is 162 g/mol. The second kappa shape index (κ2) is 4.57. The minimum atomic E-state index is -0.0371. The van der Waals surface area contributed by atoms with Gasteiger partial charge in [-0.05, 0) is 11.8 Å². The molecular formula is C10H14N2. The summed E-state index contributed by atoms with van der Waals surface area (Å²) in [5.41, 5.74) is 6.97. The first-order valence-electron chi connectivity index (χ1n) is 3.99. The molecule has 1 aromatic rings. The molecule has 0 aromatic heterocycles. The molecule has 0 fully saturated rings. The van der Waals surface area contributed by atoms with Gasteiger partial charge in [-0.25, -0.2) is 0 Å². The van der Waals surface area contributed by atoms with Gasteiger partial charge in [0, 0.05) is 6.42 Å². The molecule has 0 saturated heterocycles. The van der Waals surface area contributed by atoms with Gasteiger partial charge in [-0.1, -0.05) is 36.9 Å². The van der Waals surface area contributed by atoms with Crippen LogP contribution in [0.25, 0.3) is 0 Å². The molecule has 0 saturated carbocycles. The van der Waals surface area contributed by atoms with Crippen LogP contribution in [0, 0.1) is 0 Å². The molecule has 0 bridgehead atoms. The van der Waals surface area contributed by atoms with E-state index >= 15 is 0 Å². The Hall–Kier alpha value is -1.28. The van der Waals surface area contributed by atoms with Gasteiger partial charge < -0.3 is 11.1 Å². The summed E-state index contributed by atoms with van der Waals surface area (Å²) in [5, 5.41) is 2.94. The van der Waals surface area contributed by atoms with Crippen LogP contribution < -0.4 is 11.1 Å². The monoisotopic (exact) mass is 162 g/mol. The smallest absolute Gasteiger partial charge is 0.0778 e. The van der Waals surface area contributed by atoms with Crippen LogP contribution in [0.1, 0.15) is 5.56 Å². The first-order valence-corrected chi connectivity index (χ1v) is 3.99. The number of nitrogens with two attached hydrogens (primary N) is 1. The standard InChI is InChI=1S/C10H14N2/c1-2-12-10(11)8-9-6-4-3-5-7-9/h2-7,10,12H,1,8,11H2/t10-/m1/s1. The maximum Gasteiger partial charge on any atom is 0.0778 e. The number of hydrogen-bond acceptors (Lipinski definition) is 2. The second-order valence-corrected chi connectivity index (χ2v) is 2.67. The number of hydrogen-bond donors (Lipinski definition) is 2. The van der Waals surface area contributed by atoms with Crippen LogP contribution in [0.4, 0.5) is 0 Å². The Morgan fingerprint density at radius 1 is 1.42 bits per heavy atom. The van der Waals surface area contributed by atoms with E-state index in [2.05, 4.69) is 24.0 Å². The Morgan fingerprint density at radius 3 is 2.67 bits per heavy atom.